The maximum atomic E-state index is 6.56. The van der Waals surface area contributed by atoms with Gasteiger partial charge < -0.3 is 12.8 Å². The highest BCUT2D eigenvalue weighted by molar-refractivity contribution is 5.50. The van der Waals surface area contributed by atoms with E-state index < -0.39 is 0 Å². The third kappa shape index (κ3) is 33.9. The van der Waals surface area contributed by atoms with Crippen LogP contribution in [-0.4, -0.2) is 0 Å². The molecule has 0 heteroatoms. The molecular weight excluding hydrogens is 553 g/mol. The molecule has 186 valence electrons. The fourth-order valence-corrected chi connectivity index (χ4v) is 1.31. The second-order valence-electron chi connectivity index (χ2n) is 5.50. The third-order valence-electron chi connectivity index (χ3n) is 2.69. The smallest absolute Gasteiger partial charge is 0 e. The summed E-state index contributed by atoms with van der Waals surface area (Å²) in [6.45, 7) is 0. The van der Waals surface area contributed by atoms with Gasteiger partial charge in [0.2, 0.25) is 0 Å². The molecule has 0 saturated carbocycles. The molecule has 0 spiro atoms. The van der Waals surface area contributed by atoms with Crippen LogP contribution < -0.4 is 0 Å². The maximum absolute atomic E-state index is 6.56. The van der Waals surface area contributed by atoms with E-state index in [1.54, 1.807) is 0 Å². The Labute approximate surface area is 272 Å². The van der Waals surface area contributed by atoms with Gasteiger partial charge in [-0.1, -0.05) is 0 Å². The lowest BCUT2D eigenvalue weighted by molar-refractivity contribution is 2.31. The summed E-state index contributed by atoms with van der Waals surface area (Å²) < 4.78 is 0. The molecule has 0 heterocycles. The molecule has 46 heavy (non-hydrogen) atoms. The number of hydrogen-bond donors (Lipinski definition) is 0. The van der Waals surface area contributed by atoms with Crippen LogP contribution in [0, 0.1) is 273 Å². The Morgan fingerprint density at radius 3 is 0.239 bits per heavy atom. The Morgan fingerprint density at radius 1 is 0.109 bits per heavy atom. The highest BCUT2D eigenvalue weighted by Crippen LogP contribution is 1.61. The Kier molecular flexibility index (Phi) is 27.2. The van der Waals surface area contributed by atoms with E-state index in [-0.39, 0.29) is 0 Å². The fraction of sp³-hybridized carbons (Fsp3) is 0. The van der Waals surface area contributed by atoms with E-state index in [4.69, 9.17) is 12.8 Å². The summed E-state index contributed by atoms with van der Waals surface area (Å²) in [5.74, 6) is 107. The maximum Gasteiger partial charge on any atom is 0 e. The summed E-state index contributed by atoms with van der Waals surface area (Å²) in [7, 11) is 0. The average molecular weight is 553 g/mol. The van der Waals surface area contributed by atoms with Gasteiger partial charge >= 0.3 is 0 Å². The van der Waals surface area contributed by atoms with Gasteiger partial charge in [0.1, 0.15) is 0 Å². The van der Waals surface area contributed by atoms with E-state index in [9.17, 15) is 0 Å². The molecule has 0 aliphatic rings. The van der Waals surface area contributed by atoms with Crippen LogP contribution in [0.25, 0.3) is 0 Å². The van der Waals surface area contributed by atoms with Crippen LogP contribution in [0.5, 0.6) is 0 Å². The fourth-order valence-electron chi connectivity index (χ4n) is 1.31. The van der Waals surface area contributed by atoms with Gasteiger partial charge in [-0.05, 0) is 94.7 Å². The van der Waals surface area contributed by atoms with E-state index in [1.807, 2.05) is 11.8 Å². The van der Waals surface area contributed by atoms with E-state index in [0.29, 0.717) is 0 Å². The quantitative estimate of drug-likeness (QED) is 0.299. The van der Waals surface area contributed by atoms with Crippen LogP contribution in [0.4, 0.5) is 0 Å². The summed E-state index contributed by atoms with van der Waals surface area (Å²) in [6.07, 6.45) is 13.1. The lowest BCUT2D eigenvalue weighted by atomic mass is 10.4. The molecular formula is C46-2. The first kappa shape index (κ1) is 35.9. The summed E-state index contributed by atoms with van der Waals surface area (Å²) in [6, 6.07) is 0. The predicted octanol–water partition coefficient (Wildman–Crippen LogP) is 0.237. The van der Waals surface area contributed by atoms with Gasteiger partial charge in [-0.25, -0.2) is 11.8 Å². The van der Waals surface area contributed by atoms with Gasteiger partial charge in [-0.3, -0.25) is 11.8 Å². The van der Waals surface area contributed by atoms with E-state index in [0.717, 1.165) is 0 Å². The molecule has 0 bridgehead atoms. The van der Waals surface area contributed by atoms with Crippen molar-refractivity contribution in [3.05, 3.63) is 12.8 Å². The van der Waals surface area contributed by atoms with Crippen molar-refractivity contribution in [2.24, 2.45) is 0 Å². The first-order valence-electron chi connectivity index (χ1n) is 11.2. The highest BCUT2D eigenvalue weighted by Gasteiger charge is 1.61. The summed E-state index contributed by atoms with van der Waals surface area (Å²) in [4.78, 5) is 0. The van der Waals surface area contributed by atoms with Gasteiger partial charge in [0.15, 0.2) is 0 Å². The predicted molar refractivity (Wildman–Crippen MR) is 178 cm³/mol. The Balaban J connectivity index is 4.55. The topological polar surface area (TPSA) is 0 Å². The van der Waals surface area contributed by atoms with Crippen LogP contribution in [0.1, 0.15) is 0 Å². The molecule has 0 nitrogen and oxygen atoms in total. The lowest BCUT2D eigenvalue weighted by Gasteiger charge is -1.63. The van der Waals surface area contributed by atoms with E-state index in [1.165, 1.54) is 0 Å². The summed E-state index contributed by atoms with van der Waals surface area (Å²) in [5.41, 5.74) is 0. The van der Waals surface area contributed by atoms with Crippen molar-refractivity contribution in [3.63, 3.8) is 0 Å². The average Bonchev–Trinajstić information content (AvgIpc) is 3.07. The van der Waals surface area contributed by atoms with Gasteiger partial charge in [-0.15, -0.1) is 11.8 Å². The minimum atomic E-state index is 1.87. The van der Waals surface area contributed by atoms with Crippen LogP contribution in [0.2, 0.25) is 0 Å². The molecule has 0 atom stereocenters. The molecule has 0 aromatic heterocycles. The second kappa shape index (κ2) is 34.9. The molecule has 0 radical (unpaired) electrons. The molecule has 0 aliphatic heterocycles. The largest absolute Gasteiger partial charge is 0.358 e. The molecule has 0 aromatic carbocycles. The molecule has 0 fully saturated rings. The normalized spacial score (nSPS) is 3.87. The van der Waals surface area contributed by atoms with Crippen molar-refractivity contribution in [1.29, 1.82) is 0 Å². The zero-order valence-electron chi connectivity index (χ0n) is 23.0. The van der Waals surface area contributed by atoms with Crippen molar-refractivity contribution in [3.8, 4) is 260 Å². The van der Waals surface area contributed by atoms with E-state index >= 15 is 0 Å². The zero-order valence-corrected chi connectivity index (χ0v) is 23.0. The SMILES string of the molecule is [C-]#CC#CC#CC#CC#CC#CC#CC#CC#CC#CC#CC#CC#CC#CC#CC#CC#CC#CC#CC#CC#CC#CC#[C-]. The van der Waals surface area contributed by atoms with Crippen molar-refractivity contribution in [2.75, 3.05) is 0 Å². The number of rotatable bonds is 0. The first-order valence-corrected chi connectivity index (χ1v) is 11.2. The van der Waals surface area contributed by atoms with Crippen molar-refractivity contribution in [2.45, 2.75) is 0 Å². The van der Waals surface area contributed by atoms with Gasteiger partial charge in [0, 0.05) is 130 Å². The third-order valence-corrected chi connectivity index (χ3v) is 2.69. The van der Waals surface area contributed by atoms with Gasteiger partial charge in [0.05, 0.1) is 0 Å². The van der Waals surface area contributed by atoms with Crippen LogP contribution in [0.15, 0.2) is 0 Å². The molecule has 0 amide bonds. The molecule has 0 aliphatic carbocycles. The standard InChI is InChI=1S/C46/c1-3-5-7-9-11-13-15-17-19-21-23-25-27-29-31-33-35-37-39-41-43-45-46-44-42-40-38-36-34-32-30-28-26-24-22-20-18-16-14-12-10-8-6-4-2/q-2. The van der Waals surface area contributed by atoms with Crippen molar-refractivity contribution >= 4 is 0 Å². The first-order chi connectivity index (χ1) is 22.9. The molecule has 0 saturated heterocycles. The lowest BCUT2D eigenvalue weighted by Crippen LogP contribution is -1.57. The van der Waals surface area contributed by atoms with Crippen LogP contribution >= 0.6 is 0 Å². The van der Waals surface area contributed by atoms with Gasteiger partial charge in [-0.2, -0.15) is 0 Å². The van der Waals surface area contributed by atoms with E-state index in [2.05, 4.69) is 249 Å². The monoisotopic (exact) mass is 552 g/mol. The Morgan fingerprint density at radius 2 is 0.174 bits per heavy atom. The summed E-state index contributed by atoms with van der Waals surface area (Å²) in [5, 5.41) is 0. The van der Waals surface area contributed by atoms with Gasteiger partial charge in [0.25, 0.3) is 0 Å². The molecule has 0 unspecified atom stereocenters. The second-order valence-corrected chi connectivity index (χ2v) is 5.50. The van der Waals surface area contributed by atoms with Crippen molar-refractivity contribution in [1.82, 2.24) is 0 Å². The molecule has 0 aromatic rings. The van der Waals surface area contributed by atoms with Crippen molar-refractivity contribution < 1.29 is 0 Å². The zero-order chi connectivity index (χ0) is 33.1. The Bertz CT molecular complexity index is 2560. The Hall–Kier alpha value is -10.1. The summed E-state index contributed by atoms with van der Waals surface area (Å²) >= 11 is 0. The molecule has 0 N–H and O–H groups in total. The highest BCUT2D eigenvalue weighted by atomic mass is 13.6. The minimum Gasteiger partial charge on any atom is -0.358 e. The number of hydrogen-bond acceptors (Lipinski definition) is 0. The minimum absolute atomic E-state index is 1.87. The van der Waals surface area contributed by atoms with Crippen LogP contribution in [0.3, 0.4) is 0 Å². The molecule has 0 rings (SSSR count). The van der Waals surface area contributed by atoms with Crippen LogP contribution in [-0.2, 0) is 0 Å².